The molecule has 12 nitrogen and oxygen atoms in total. The van der Waals surface area contributed by atoms with E-state index < -0.39 is 66.5 Å². The molecule has 0 spiro atoms. The minimum absolute atomic E-state index is 0.0126. The van der Waals surface area contributed by atoms with Gasteiger partial charge in [-0.05, 0) is 76.6 Å². The highest BCUT2D eigenvalue weighted by Crippen LogP contribution is 2.30. The highest BCUT2D eigenvalue weighted by Gasteiger charge is 2.39. The first kappa shape index (κ1) is 34.2. The Balaban J connectivity index is 3.69. The molecule has 1 aromatic carbocycles. The van der Waals surface area contributed by atoms with Crippen LogP contribution in [0.15, 0.2) is 18.2 Å². The fourth-order valence-electron chi connectivity index (χ4n) is 3.96. The second kappa shape index (κ2) is 15.1. The van der Waals surface area contributed by atoms with E-state index in [-0.39, 0.29) is 11.7 Å². The predicted molar refractivity (Wildman–Crippen MR) is 148 cm³/mol. The van der Waals surface area contributed by atoms with Crippen molar-refractivity contribution in [1.82, 2.24) is 15.5 Å². The first-order chi connectivity index (χ1) is 18.5. The van der Waals surface area contributed by atoms with Crippen molar-refractivity contribution < 1.29 is 38.6 Å². The number of phenolic OH excluding ortho intramolecular Hbond substituents is 1. The molecule has 1 rings (SSSR count). The van der Waals surface area contributed by atoms with Crippen molar-refractivity contribution >= 4 is 29.8 Å². The minimum atomic E-state index is -1.44. The number of nitrogens with two attached hydrogens (primary N) is 1. The monoisotopic (exact) mass is 564 g/mol. The molecule has 0 heterocycles. The quantitative estimate of drug-likeness (QED) is 0.264. The number of phenols is 1. The second-order valence-electron chi connectivity index (χ2n) is 11.2. The van der Waals surface area contributed by atoms with E-state index in [9.17, 15) is 29.1 Å². The smallest absolute Gasteiger partial charge is 0.408 e. The fourth-order valence-corrected chi connectivity index (χ4v) is 3.96. The van der Waals surface area contributed by atoms with Crippen LogP contribution in [0.5, 0.6) is 5.75 Å². The number of hydrogen-bond acceptors (Lipinski definition) is 8. The molecule has 224 valence electrons. The van der Waals surface area contributed by atoms with Crippen LogP contribution in [-0.2, 0) is 28.7 Å². The largest absolute Gasteiger partial charge is 0.508 e. The number of aryl methyl sites for hydroxylation is 1. The summed E-state index contributed by atoms with van der Waals surface area (Å²) in [5, 5.41) is 15.0. The number of nitrogens with zero attached hydrogens (tertiary/aromatic N) is 1. The summed E-state index contributed by atoms with van der Waals surface area (Å²) in [6, 6.07) is 1.14. The summed E-state index contributed by atoms with van der Waals surface area (Å²) in [6.45, 7) is 11.9. The van der Waals surface area contributed by atoms with Gasteiger partial charge < -0.3 is 35.8 Å². The number of carbonyl (C=O) groups excluding carboxylic acids is 5. The highest BCUT2D eigenvalue weighted by molar-refractivity contribution is 5.95. The van der Waals surface area contributed by atoms with Gasteiger partial charge in [-0.15, -0.1) is 0 Å². The van der Waals surface area contributed by atoms with Crippen molar-refractivity contribution in [3.63, 3.8) is 0 Å². The van der Waals surface area contributed by atoms with Crippen LogP contribution in [0.2, 0.25) is 0 Å². The molecule has 3 atom stereocenters. The SMILES string of the molecule is COC(=O)CNC(=O)C(c1ccc(O)c(C)c1)N(C(=O)C(CC(N)=O)NC(=O)OC(C)(C)C)C(C)CCC(C)C. The zero-order valence-electron chi connectivity index (χ0n) is 24.7. The van der Waals surface area contributed by atoms with Gasteiger partial charge in [0.15, 0.2) is 0 Å². The zero-order valence-corrected chi connectivity index (χ0v) is 24.7. The first-order valence-electron chi connectivity index (χ1n) is 13.2. The van der Waals surface area contributed by atoms with E-state index in [2.05, 4.69) is 15.4 Å². The van der Waals surface area contributed by atoms with Gasteiger partial charge in [-0.3, -0.25) is 19.2 Å². The average Bonchev–Trinajstić information content (AvgIpc) is 2.83. The number of amides is 4. The van der Waals surface area contributed by atoms with Gasteiger partial charge >= 0.3 is 12.1 Å². The molecule has 1 aromatic rings. The van der Waals surface area contributed by atoms with Crippen LogP contribution < -0.4 is 16.4 Å². The van der Waals surface area contributed by atoms with Crippen LogP contribution in [0.3, 0.4) is 0 Å². The third-order valence-electron chi connectivity index (χ3n) is 5.98. The third-order valence-corrected chi connectivity index (χ3v) is 5.98. The molecule has 5 N–H and O–H groups in total. The van der Waals surface area contributed by atoms with Gasteiger partial charge in [0, 0.05) is 6.04 Å². The van der Waals surface area contributed by atoms with E-state index in [1.54, 1.807) is 40.7 Å². The van der Waals surface area contributed by atoms with E-state index in [4.69, 9.17) is 10.5 Å². The fraction of sp³-hybridized carbons (Fsp3) is 0.607. The maximum absolute atomic E-state index is 14.2. The number of rotatable bonds is 13. The number of alkyl carbamates (subject to hydrolysis) is 1. The van der Waals surface area contributed by atoms with Gasteiger partial charge in [-0.2, -0.15) is 0 Å². The van der Waals surface area contributed by atoms with Crippen molar-refractivity contribution in [1.29, 1.82) is 0 Å². The average molecular weight is 565 g/mol. The molecular weight excluding hydrogens is 520 g/mol. The van der Waals surface area contributed by atoms with E-state index in [0.29, 0.717) is 24.0 Å². The van der Waals surface area contributed by atoms with Crippen LogP contribution in [0.25, 0.3) is 0 Å². The van der Waals surface area contributed by atoms with Crippen LogP contribution in [0.1, 0.15) is 78.0 Å². The van der Waals surface area contributed by atoms with Crippen LogP contribution in [-0.4, -0.2) is 71.1 Å². The molecule has 0 aliphatic carbocycles. The topological polar surface area (TPSA) is 177 Å². The predicted octanol–water partition coefficient (Wildman–Crippen LogP) is 2.45. The number of methoxy groups -OCH3 is 1. The van der Waals surface area contributed by atoms with Crippen molar-refractivity contribution in [2.45, 2.75) is 91.5 Å². The molecule has 0 bridgehead atoms. The highest BCUT2D eigenvalue weighted by atomic mass is 16.6. The van der Waals surface area contributed by atoms with E-state index >= 15 is 0 Å². The minimum Gasteiger partial charge on any atom is -0.508 e. The first-order valence-corrected chi connectivity index (χ1v) is 13.2. The standard InChI is InChI=1S/C28H44N4O8/c1-16(2)9-10-18(4)32(26(37)20(14-22(29)34)31-27(38)40-28(5,6)7)24(25(36)30-15-23(35)39-8)19-11-12-21(33)17(3)13-19/h11-13,16,18,20,24,33H,9-10,14-15H2,1-8H3,(H2,29,34)(H,30,36)(H,31,38). The lowest BCUT2D eigenvalue weighted by Gasteiger charge is -2.38. The van der Waals surface area contributed by atoms with Gasteiger partial charge in [0.2, 0.25) is 17.7 Å². The van der Waals surface area contributed by atoms with Crippen molar-refractivity contribution in [3.05, 3.63) is 29.3 Å². The molecule has 0 aromatic heterocycles. The second-order valence-corrected chi connectivity index (χ2v) is 11.2. The van der Waals surface area contributed by atoms with Crippen molar-refractivity contribution in [2.24, 2.45) is 11.7 Å². The molecule has 0 radical (unpaired) electrons. The number of primary amides is 1. The molecule has 0 saturated carbocycles. The number of esters is 1. The summed E-state index contributed by atoms with van der Waals surface area (Å²) < 4.78 is 9.91. The zero-order chi connectivity index (χ0) is 30.8. The van der Waals surface area contributed by atoms with E-state index in [1.807, 2.05) is 13.8 Å². The Hall–Kier alpha value is -3.83. The number of carbonyl (C=O) groups is 5. The number of benzene rings is 1. The maximum atomic E-state index is 14.2. The van der Waals surface area contributed by atoms with Crippen molar-refractivity contribution in [3.8, 4) is 5.75 Å². The van der Waals surface area contributed by atoms with Gasteiger partial charge in [-0.1, -0.05) is 19.9 Å². The molecule has 0 aliphatic rings. The molecule has 0 saturated heterocycles. The number of ether oxygens (including phenoxy) is 2. The van der Waals surface area contributed by atoms with Gasteiger partial charge in [0.1, 0.15) is 30.0 Å². The van der Waals surface area contributed by atoms with Crippen molar-refractivity contribution in [2.75, 3.05) is 13.7 Å². The molecule has 3 unspecified atom stereocenters. The number of aromatic hydroxyl groups is 1. The Morgan fingerprint density at radius 1 is 1.07 bits per heavy atom. The third kappa shape index (κ3) is 11.1. The Labute approximate surface area is 235 Å². The Morgan fingerprint density at radius 3 is 2.20 bits per heavy atom. The van der Waals surface area contributed by atoms with Gasteiger partial charge in [0.25, 0.3) is 0 Å². The summed E-state index contributed by atoms with van der Waals surface area (Å²) in [6.07, 6.45) is -0.294. The van der Waals surface area contributed by atoms with Crippen LogP contribution in [0.4, 0.5) is 4.79 Å². The maximum Gasteiger partial charge on any atom is 0.408 e. The molecule has 0 aliphatic heterocycles. The summed E-state index contributed by atoms with van der Waals surface area (Å²) in [4.78, 5) is 65.4. The Kier molecular flexibility index (Phi) is 12.9. The lowest BCUT2D eigenvalue weighted by molar-refractivity contribution is -0.147. The molecule has 12 heteroatoms. The normalized spacial score (nSPS) is 13.5. The molecular formula is C28H44N4O8. The number of nitrogens with one attached hydrogen (secondary N) is 2. The van der Waals surface area contributed by atoms with Gasteiger partial charge in [-0.25, -0.2) is 4.79 Å². The Bertz CT molecular complexity index is 1070. The summed E-state index contributed by atoms with van der Waals surface area (Å²) in [5.74, 6) is -2.72. The van der Waals surface area contributed by atoms with Crippen LogP contribution >= 0.6 is 0 Å². The van der Waals surface area contributed by atoms with E-state index in [1.165, 1.54) is 24.1 Å². The Morgan fingerprint density at radius 2 is 1.70 bits per heavy atom. The lowest BCUT2D eigenvalue weighted by Crippen LogP contribution is -2.56. The van der Waals surface area contributed by atoms with Crippen LogP contribution in [0, 0.1) is 12.8 Å². The summed E-state index contributed by atoms with van der Waals surface area (Å²) in [7, 11) is 1.18. The molecule has 4 amide bonds. The summed E-state index contributed by atoms with van der Waals surface area (Å²) in [5.41, 5.74) is 5.34. The molecule has 40 heavy (non-hydrogen) atoms. The van der Waals surface area contributed by atoms with Gasteiger partial charge in [0.05, 0.1) is 13.5 Å². The summed E-state index contributed by atoms with van der Waals surface area (Å²) >= 11 is 0. The number of hydrogen-bond donors (Lipinski definition) is 4. The van der Waals surface area contributed by atoms with E-state index in [0.717, 1.165) is 0 Å². The lowest BCUT2D eigenvalue weighted by atomic mass is 9.95. The molecule has 0 fully saturated rings.